The van der Waals surface area contributed by atoms with E-state index in [0.717, 1.165) is 12.0 Å². The topological polar surface area (TPSA) is 12.0 Å². The quantitative estimate of drug-likeness (QED) is 0.837. The van der Waals surface area contributed by atoms with Gasteiger partial charge in [-0.1, -0.05) is 25.1 Å². The monoisotopic (exact) mass is 231 g/mol. The molecular formula is C16H25N. The maximum Gasteiger partial charge on any atom is 0.00704 e. The third-order valence-corrected chi connectivity index (χ3v) is 4.15. The van der Waals surface area contributed by atoms with E-state index >= 15 is 0 Å². The van der Waals surface area contributed by atoms with E-state index in [1.807, 2.05) is 0 Å². The zero-order valence-corrected chi connectivity index (χ0v) is 11.4. The van der Waals surface area contributed by atoms with Crippen LogP contribution in [0.4, 0.5) is 0 Å². The standard InChI is InChI=1S/C16H25N/c1-12-7-8-15(17-11-12)9-10-16-13(2)5-4-6-14(16)3/h4-6,12,15,17H,7-11H2,1-3H3. The Morgan fingerprint density at radius 3 is 2.47 bits per heavy atom. The van der Waals surface area contributed by atoms with Crippen LogP contribution in [0.1, 0.15) is 42.9 Å². The fourth-order valence-electron chi connectivity index (χ4n) is 2.87. The summed E-state index contributed by atoms with van der Waals surface area (Å²) in [5.41, 5.74) is 4.47. The Bertz CT molecular complexity index is 342. The molecule has 0 aromatic heterocycles. The summed E-state index contributed by atoms with van der Waals surface area (Å²) in [7, 11) is 0. The molecule has 1 fully saturated rings. The van der Waals surface area contributed by atoms with Crippen molar-refractivity contribution in [1.82, 2.24) is 5.32 Å². The van der Waals surface area contributed by atoms with Crippen LogP contribution in [0.15, 0.2) is 18.2 Å². The van der Waals surface area contributed by atoms with Crippen LogP contribution < -0.4 is 5.32 Å². The molecule has 1 saturated heterocycles. The van der Waals surface area contributed by atoms with Gasteiger partial charge in [-0.3, -0.25) is 0 Å². The van der Waals surface area contributed by atoms with E-state index in [0.29, 0.717) is 0 Å². The Balaban J connectivity index is 1.89. The molecule has 1 aliphatic rings. The third-order valence-electron chi connectivity index (χ3n) is 4.15. The highest BCUT2D eigenvalue weighted by Crippen LogP contribution is 2.20. The zero-order chi connectivity index (χ0) is 12.3. The van der Waals surface area contributed by atoms with Crippen LogP contribution in [0.25, 0.3) is 0 Å². The van der Waals surface area contributed by atoms with Crippen molar-refractivity contribution in [2.45, 2.75) is 52.5 Å². The molecule has 0 aliphatic carbocycles. The molecule has 0 spiro atoms. The Hall–Kier alpha value is -0.820. The summed E-state index contributed by atoms with van der Waals surface area (Å²) in [6.07, 6.45) is 5.26. The first-order chi connectivity index (χ1) is 8.16. The second-order valence-corrected chi connectivity index (χ2v) is 5.70. The van der Waals surface area contributed by atoms with Gasteiger partial charge in [-0.05, 0) is 68.7 Å². The van der Waals surface area contributed by atoms with Gasteiger partial charge in [-0.15, -0.1) is 0 Å². The van der Waals surface area contributed by atoms with Gasteiger partial charge in [0, 0.05) is 6.04 Å². The number of nitrogens with one attached hydrogen (secondary N) is 1. The Kier molecular flexibility index (Phi) is 4.22. The SMILES string of the molecule is Cc1cccc(C)c1CCC1CCC(C)CN1. The van der Waals surface area contributed by atoms with Crippen molar-refractivity contribution < 1.29 is 0 Å². The number of rotatable bonds is 3. The van der Waals surface area contributed by atoms with Crippen molar-refractivity contribution in [3.05, 3.63) is 34.9 Å². The van der Waals surface area contributed by atoms with Crippen molar-refractivity contribution in [2.75, 3.05) is 6.54 Å². The first-order valence-electron chi connectivity index (χ1n) is 6.95. The molecule has 2 rings (SSSR count). The molecule has 0 radical (unpaired) electrons. The lowest BCUT2D eigenvalue weighted by atomic mass is 9.91. The number of piperidine rings is 1. The van der Waals surface area contributed by atoms with E-state index in [1.165, 1.54) is 43.4 Å². The van der Waals surface area contributed by atoms with Crippen molar-refractivity contribution in [3.8, 4) is 0 Å². The molecule has 2 atom stereocenters. The Morgan fingerprint density at radius 1 is 1.18 bits per heavy atom. The van der Waals surface area contributed by atoms with E-state index in [9.17, 15) is 0 Å². The first-order valence-corrected chi connectivity index (χ1v) is 6.95. The summed E-state index contributed by atoms with van der Waals surface area (Å²) < 4.78 is 0. The lowest BCUT2D eigenvalue weighted by molar-refractivity contribution is 0.316. The van der Waals surface area contributed by atoms with Crippen LogP contribution in [0.2, 0.25) is 0 Å². The minimum Gasteiger partial charge on any atom is -0.314 e. The molecule has 17 heavy (non-hydrogen) atoms. The van der Waals surface area contributed by atoms with Crippen molar-refractivity contribution in [2.24, 2.45) is 5.92 Å². The Morgan fingerprint density at radius 2 is 1.88 bits per heavy atom. The number of hydrogen-bond donors (Lipinski definition) is 1. The summed E-state index contributed by atoms with van der Waals surface area (Å²) in [6.45, 7) is 8.02. The number of benzene rings is 1. The van der Waals surface area contributed by atoms with Gasteiger partial charge in [0.1, 0.15) is 0 Å². The number of hydrogen-bond acceptors (Lipinski definition) is 1. The minimum atomic E-state index is 0.741. The maximum absolute atomic E-state index is 3.68. The van der Waals surface area contributed by atoms with Crippen LogP contribution in [0, 0.1) is 19.8 Å². The smallest absolute Gasteiger partial charge is 0.00704 e. The van der Waals surface area contributed by atoms with Crippen LogP contribution in [-0.2, 0) is 6.42 Å². The van der Waals surface area contributed by atoms with E-state index in [-0.39, 0.29) is 0 Å². The minimum absolute atomic E-state index is 0.741. The second kappa shape index (κ2) is 5.68. The zero-order valence-electron chi connectivity index (χ0n) is 11.4. The molecule has 1 aliphatic heterocycles. The molecule has 0 bridgehead atoms. The molecular weight excluding hydrogens is 206 g/mol. The third kappa shape index (κ3) is 3.32. The van der Waals surface area contributed by atoms with E-state index < -0.39 is 0 Å². The molecule has 1 aromatic rings. The van der Waals surface area contributed by atoms with Gasteiger partial charge in [0.15, 0.2) is 0 Å². The summed E-state index contributed by atoms with van der Waals surface area (Å²) >= 11 is 0. The lowest BCUT2D eigenvalue weighted by Crippen LogP contribution is -2.38. The van der Waals surface area contributed by atoms with Crippen LogP contribution >= 0.6 is 0 Å². The fourth-order valence-corrected chi connectivity index (χ4v) is 2.87. The molecule has 1 heterocycles. The average molecular weight is 231 g/mol. The van der Waals surface area contributed by atoms with Gasteiger partial charge < -0.3 is 5.32 Å². The summed E-state index contributed by atoms with van der Waals surface area (Å²) in [5, 5.41) is 3.68. The number of aryl methyl sites for hydroxylation is 2. The molecule has 94 valence electrons. The average Bonchev–Trinajstić information content (AvgIpc) is 2.31. The molecule has 2 unspecified atom stereocenters. The van der Waals surface area contributed by atoms with E-state index in [4.69, 9.17) is 0 Å². The van der Waals surface area contributed by atoms with Crippen molar-refractivity contribution in [3.63, 3.8) is 0 Å². The molecule has 1 aromatic carbocycles. The lowest BCUT2D eigenvalue weighted by Gasteiger charge is -2.28. The first kappa shape index (κ1) is 12.6. The highest BCUT2D eigenvalue weighted by molar-refractivity contribution is 5.33. The maximum atomic E-state index is 3.68. The largest absolute Gasteiger partial charge is 0.314 e. The molecule has 1 N–H and O–H groups in total. The highest BCUT2D eigenvalue weighted by atomic mass is 14.9. The van der Waals surface area contributed by atoms with Gasteiger partial charge in [0.25, 0.3) is 0 Å². The van der Waals surface area contributed by atoms with Gasteiger partial charge >= 0.3 is 0 Å². The van der Waals surface area contributed by atoms with Crippen LogP contribution in [0.3, 0.4) is 0 Å². The second-order valence-electron chi connectivity index (χ2n) is 5.70. The normalized spacial score (nSPS) is 24.9. The highest BCUT2D eigenvalue weighted by Gasteiger charge is 2.17. The van der Waals surface area contributed by atoms with E-state index in [2.05, 4.69) is 44.3 Å². The summed E-state index contributed by atoms with van der Waals surface area (Å²) in [4.78, 5) is 0. The molecule has 1 nitrogen and oxygen atoms in total. The van der Waals surface area contributed by atoms with Gasteiger partial charge in [0.2, 0.25) is 0 Å². The molecule has 0 amide bonds. The predicted octanol–water partition coefficient (Wildman–Crippen LogP) is 3.62. The van der Waals surface area contributed by atoms with E-state index in [1.54, 1.807) is 5.56 Å². The molecule has 1 heteroatoms. The molecule has 0 saturated carbocycles. The Labute approximate surface area is 106 Å². The van der Waals surface area contributed by atoms with Crippen LogP contribution in [0.5, 0.6) is 0 Å². The van der Waals surface area contributed by atoms with Crippen molar-refractivity contribution >= 4 is 0 Å². The van der Waals surface area contributed by atoms with Gasteiger partial charge in [-0.25, -0.2) is 0 Å². The summed E-state index contributed by atoms with van der Waals surface area (Å²) in [6, 6.07) is 7.37. The van der Waals surface area contributed by atoms with Gasteiger partial charge in [0.05, 0.1) is 0 Å². The predicted molar refractivity (Wildman–Crippen MR) is 74.4 cm³/mol. The van der Waals surface area contributed by atoms with Gasteiger partial charge in [-0.2, -0.15) is 0 Å². The van der Waals surface area contributed by atoms with Crippen molar-refractivity contribution in [1.29, 1.82) is 0 Å². The fraction of sp³-hybridized carbons (Fsp3) is 0.625. The summed E-state index contributed by atoms with van der Waals surface area (Å²) in [5.74, 6) is 0.867. The van der Waals surface area contributed by atoms with Crippen LogP contribution in [-0.4, -0.2) is 12.6 Å².